The Hall–Kier alpha value is -0.730. The van der Waals surface area contributed by atoms with Crippen molar-refractivity contribution in [2.45, 2.75) is 39.2 Å². The van der Waals surface area contributed by atoms with Gasteiger partial charge >= 0.3 is 0 Å². The molecule has 3 heteroatoms. The van der Waals surface area contributed by atoms with Crippen molar-refractivity contribution in [3.8, 4) is 0 Å². The molecule has 2 nitrogen and oxygen atoms in total. The van der Waals surface area contributed by atoms with Gasteiger partial charge in [0.25, 0.3) is 0 Å². The Morgan fingerprint density at radius 1 is 1.33 bits per heavy atom. The second-order valence-corrected chi connectivity index (χ2v) is 5.58. The maximum atomic E-state index is 6.09. The van der Waals surface area contributed by atoms with Gasteiger partial charge in [-0.2, -0.15) is 0 Å². The van der Waals surface area contributed by atoms with Crippen LogP contribution in [-0.4, -0.2) is 25.7 Å². The third-order valence-corrected chi connectivity index (χ3v) is 3.92. The largest absolute Gasteiger partial charge is 0.371 e. The van der Waals surface area contributed by atoms with Crippen LogP contribution in [0.1, 0.15) is 31.7 Å². The van der Waals surface area contributed by atoms with Crippen molar-refractivity contribution in [2.75, 3.05) is 24.5 Å². The van der Waals surface area contributed by atoms with E-state index >= 15 is 0 Å². The number of benzene rings is 1. The lowest BCUT2D eigenvalue weighted by molar-refractivity contribution is 0.415. The van der Waals surface area contributed by atoms with Crippen molar-refractivity contribution >= 4 is 17.3 Å². The molecule has 1 N–H and O–H groups in total. The molecule has 0 aromatic heterocycles. The Morgan fingerprint density at radius 2 is 2.06 bits per heavy atom. The number of halogens is 1. The molecule has 100 valence electrons. The average molecular weight is 267 g/mol. The minimum atomic E-state index is 0.695. The first-order valence-corrected chi connectivity index (χ1v) is 7.33. The second kappa shape index (κ2) is 6.44. The number of anilines is 1. The zero-order valence-corrected chi connectivity index (χ0v) is 12.1. The van der Waals surface area contributed by atoms with Gasteiger partial charge in [0.05, 0.1) is 0 Å². The van der Waals surface area contributed by atoms with Gasteiger partial charge < -0.3 is 10.2 Å². The third-order valence-electron chi connectivity index (χ3n) is 3.69. The molecule has 0 spiro atoms. The van der Waals surface area contributed by atoms with E-state index in [0.29, 0.717) is 6.04 Å². The van der Waals surface area contributed by atoms with Crippen LogP contribution in [0.4, 0.5) is 5.69 Å². The lowest BCUT2D eigenvalue weighted by Gasteiger charge is -2.35. The lowest BCUT2D eigenvalue weighted by atomic mass is 10.0. The summed E-state index contributed by atoms with van der Waals surface area (Å²) in [5.74, 6) is 0. The van der Waals surface area contributed by atoms with Gasteiger partial charge in [-0.1, -0.05) is 24.6 Å². The molecular formula is C15H23ClN2. The maximum absolute atomic E-state index is 6.09. The SMILES string of the molecule is CCCNC1CCN(c2cc(Cl)ccc2C)CC1. The van der Waals surface area contributed by atoms with Crippen molar-refractivity contribution < 1.29 is 0 Å². The molecule has 0 unspecified atom stereocenters. The highest BCUT2D eigenvalue weighted by Crippen LogP contribution is 2.26. The molecule has 1 saturated heterocycles. The van der Waals surface area contributed by atoms with E-state index in [1.54, 1.807) is 0 Å². The van der Waals surface area contributed by atoms with Crippen LogP contribution in [0.15, 0.2) is 18.2 Å². The lowest BCUT2D eigenvalue weighted by Crippen LogP contribution is -2.43. The van der Waals surface area contributed by atoms with Gasteiger partial charge in [-0.15, -0.1) is 0 Å². The van der Waals surface area contributed by atoms with E-state index in [9.17, 15) is 0 Å². The molecule has 2 rings (SSSR count). The molecule has 1 aromatic carbocycles. The molecule has 1 fully saturated rings. The van der Waals surface area contributed by atoms with E-state index in [2.05, 4.69) is 36.2 Å². The predicted octanol–water partition coefficient (Wildman–Crippen LogP) is 3.62. The van der Waals surface area contributed by atoms with Crippen molar-refractivity contribution in [3.63, 3.8) is 0 Å². The number of piperidine rings is 1. The molecule has 0 aliphatic carbocycles. The van der Waals surface area contributed by atoms with Gasteiger partial charge in [0.15, 0.2) is 0 Å². The Kier molecular flexibility index (Phi) is 4.90. The number of aryl methyl sites for hydroxylation is 1. The standard InChI is InChI=1S/C15H23ClN2/c1-3-8-17-14-6-9-18(10-7-14)15-11-13(16)5-4-12(15)2/h4-5,11,14,17H,3,6-10H2,1-2H3. The van der Waals surface area contributed by atoms with Crippen molar-refractivity contribution in [3.05, 3.63) is 28.8 Å². The molecule has 1 aliphatic heterocycles. The van der Waals surface area contributed by atoms with E-state index in [0.717, 1.165) is 24.7 Å². The predicted molar refractivity (Wildman–Crippen MR) is 79.7 cm³/mol. The Balaban J connectivity index is 1.94. The van der Waals surface area contributed by atoms with Crippen molar-refractivity contribution in [1.82, 2.24) is 5.32 Å². The summed E-state index contributed by atoms with van der Waals surface area (Å²) in [6.45, 7) is 7.77. The highest BCUT2D eigenvalue weighted by atomic mass is 35.5. The summed E-state index contributed by atoms with van der Waals surface area (Å²) in [6.07, 6.45) is 3.67. The Labute approximate surface area is 115 Å². The fourth-order valence-electron chi connectivity index (χ4n) is 2.60. The number of nitrogens with one attached hydrogen (secondary N) is 1. The van der Waals surface area contributed by atoms with E-state index in [1.165, 1.54) is 30.5 Å². The summed E-state index contributed by atoms with van der Waals surface area (Å²) in [7, 11) is 0. The van der Waals surface area contributed by atoms with Gasteiger partial charge in [-0.05, 0) is 50.4 Å². The maximum Gasteiger partial charge on any atom is 0.0426 e. The van der Waals surface area contributed by atoms with Gasteiger partial charge in [0.2, 0.25) is 0 Å². The quantitative estimate of drug-likeness (QED) is 0.896. The summed E-state index contributed by atoms with van der Waals surface area (Å²) in [4.78, 5) is 2.46. The number of nitrogens with zero attached hydrogens (tertiary/aromatic N) is 1. The summed E-state index contributed by atoms with van der Waals surface area (Å²) in [5, 5.41) is 4.45. The van der Waals surface area contributed by atoms with Gasteiger partial charge in [0.1, 0.15) is 0 Å². The van der Waals surface area contributed by atoms with Crippen molar-refractivity contribution in [1.29, 1.82) is 0 Å². The van der Waals surface area contributed by atoms with Crippen LogP contribution in [0, 0.1) is 6.92 Å². The summed E-state index contributed by atoms with van der Waals surface area (Å²) >= 11 is 6.09. The molecule has 0 bridgehead atoms. The summed E-state index contributed by atoms with van der Waals surface area (Å²) in [6, 6.07) is 6.87. The minimum Gasteiger partial charge on any atom is -0.371 e. The van der Waals surface area contributed by atoms with E-state index < -0.39 is 0 Å². The summed E-state index contributed by atoms with van der Waals surface area (Å²) < 4.78 is 0. The first-order valence-electron chi connectivity index (χ1n) is 6.95. The van der Waals surface area contributed by atoms with E-state index in [1.807, 2.05) is 6.07 Å². The number of hydrogen-bond acceptors (Lipinski definition) is 2. The minimum absolute atomic E-state index is 0.695. The van der Waals surface area contributed by atoms with Gasteiger partial charge in [-0.3, -0.25) is 0 Å². The third kappa shape index (κ3) is 3.39. The smallest absolute Gasteiger partial charge is 0.0426 e. The van der Waals surface area contributed by atoms with Crippen LogP contribution in [0.2, 0.25) is 5.02 Å². The topological polar surface area (TPSA) is 15.3 Å². The van der Waals surface area contributed by atoms with Gasteiger partial charge in [-0.25, -0.2) is 0 Å². The van der Waals surface area contributed by atoms with Crippen LogP contribution < -0.4 is 10.2 Å². The van der Waals surface area contributed by atoms with Gasteiger partial charge in [0, 0.05) is 29.8 Å². The monoisotopic (exact) mass is 266 g/mol. The number of rotatable bonds is 4. The van der Waals surface area contributed by atoms with E-state index in [-0.39, 0.29) is 0 Å². The fourth-order valence-corrected chi connectivity index (χ4v) is 2.76. The molecule has 1 aliphatic rings. The molecule has 1 heterocycles. The van der Waals surface area contributed by atoms with Crippen LogP contribution in [0.5, 0.6) is 0 Å². The second-order valence-electron chi connectivity index (χ2n) is 5.15. The highest BCUT2D eigenvalue weighted by molar-refractivity contribution is 6.30. The Morgan fingerprint density at radius 3 is 2.72 bits per heavy atom. The van der Waals surface area contributed by atoms with Crippen LogP contribution in [0.3, 0.4) is 0 Å². The highest BCUT2D eigenvalue weighted by Gasteiger charge is 2.19. The molecule has 1 aromatic rings. The fraction of sp³-hybridized carbons (Fsp3) is 0.600. The van der Waals surface area contributed by atoms with Crippen LogP contribution in [-0.2, 0) is 0 Å². The normalized spacial score (nSPS) is 17.2. The van der Waals surface area contributed by atoms with Crippen LogP contribution in [0.25, 0.3) is 0 Å². The first kappa shape index (κ1) is 13.7. The van der Waals surface area contributed by atoms with Crippen LogP contribution >= 0.6 is 11.6 Å². The molecule has 18 heavy (non-hydrogen) atoms. The molecule has 0 amide bonds. The number of hydrogen-bond donors (Lipinski definition) is 1. The average Bonchev–Trinajstić information content (AvgIpc) is 2.40. The molecule has 0 saturated carbocycles. The molecular weight excluding hydrogens is 244 g/mol. The molecule has 0 radical (unpaired) electrons. The van der Waals surface area contributed by atoms with E-state index in [4.69, 9.17) is 11.6 Å². The zero-order valence-electron chi connectivity index (χ0n) is 11.4. The molecule has 0 atom stereocenters. The zero-order chi connectivity index (χ0) is 13.0. The first-order chi connectivity index (χ1) is 8.70. The summed E-state index contributed by atoms with van der Waals surface area (Å²) in [5.41, 5.74) is 2.62. The van der Waals surface area contributed by atoms with Crippen molar-refractivity contribution in [2.24, 2.45) is 0 Å². The Bertz CT molecular complexity index is 384.